The predicted octanol–water partition coefficient (Wildman–Crippen LogP) is -0.452. The molecule has 0 fully saturated rings. The van der Waals surface area contributed by atoms with Crippen molar-refractivity contribution in [3.05, 3.63) is 70.0 Å². The summed E-state index contributed by atoms with van der Waals surface area (Å²) in [5.41, 5.74) is 0.650. The fourth-order valence-electron chi connectivity index (χ4n) is 2.71. The number of aromatic nitrogens is 6. The Morgan fingerprint density at radius 2 is 2.00 bits per heavy atom. The highest BCUT2D eigenvalue weighted by molar-refractivity contribution is 5.79. The molecule has 0 saturated heterocycles. The molecule has 0 atom stereocenters. The summed E-state index contributed by atoms with van der Waals surface area (Å²) >= 11 is 0. The molecule has 1 N–H and O–H groups in total. The van der Waals surface area contributed by atoms with Crippen molar-refractivity contribution >= 4 is 17.0 Å². The van der Waals surface area contributed by atoms with Crippen molar-refractivity contribution in [3.63, 3.8) is 0 Å². The molecule has 4 aromatic rings. The summed E-state index contributed by atoms with van der Waals surface area (Å²) < 4.78 is 8.99. The molecule has 28 heavy (non-hydrogen) atoms. The Morgan fingerprint density at radius 3 is 2.82 bits per heavy atom. The fourth-order valence-corrected chi connectivity index (χ4v) is 2.71. The second-order valence-electron chi connectivity index (χ2n) is 5.86. The van der Waals surface area contributed by atoms with Gasteiger partial charge in [-0.1, -0.05) is 12.1 Å². The van der Waals surface area contributed by atoms with Crippen LogP contribution in [0.2, 0.25) is 0 Å². The summed E-state index contributed by atoms with van der Waals surface area (Å²) in [6.07, 6.45) is 2.82. The molecule has 0 unspecified atom stereocenters. The zero-order valence-electron chi connectivity index (χ0n) is 14.6. The number of oxazole rings is 1. The number of benzene rings is 1. The van der Waals surface area contributed by atoms with Gasteiger partial charge in [0.1, 0.15) is 19.2 Å². The van der Waals surface area contributed by atoms with Crippen molar-refractivity contribution in [2.75, 3.05) is 6.54 Å². The minimum atomic E-state index is -0.602. The van der Waals surface area contributed by atoms with E-state index >= 15 is 0 Å². The lowest BCUT2D eigenvalue weighted by atomic mass is 10.3. The van der Waals surface area contributed by atoms with Crippen molar-refractivity contribution in [1.82, 2.24) is 34.4 Å². The average molecular weight is 381 g/mol. The third-order valence-electron chi connectivity index (χ3n) is 4.03. The van der Waals surface area contributed by atoms with Gasteiger partial charge < -0.3 is 9.73 Å². The molecule has 142 valence electrons. The summed E-state index contributed by atoms with van der Waals surface area (Å²) in [5, 5.41) is 10.8. The van der Waals surface area contributed by atoms with E-state index in [0.29, 0.717) is 16.9 Å². The van der Waals surface area contributed by atoms with E-state index in [9.17, 15) is 14.4 Å². The second kappa shape index (κ2) is 7.31. The highest BCUT2D eigenvalue weighted by atomic mass is 16.4. The monoisotopic (exact) mass is 381 g/mol. The van der Waals surface area contributed by atoms with E-state index in [1.165, 1.54) is 38.7 Å². The first-order valence-corrected chi connectivity index (χ1v) is 8.40. The first kappa shape index (κ1) is 17.4. The second-order valence-corrected chi connectivity index (χ2v) is 5.86. The van der Waals surface area contributed by atoms with Crippen LogP contribution in [0.15, 0.2) is 63.1 Å². The van der Waals surface area contributed by atoms with Crippen LogP contribution in [0.5, 0.6) is 0 Å². The molecule has 3 aromatic heterocycles. The lowest BCUT2D eigenvalue weighted by Gasteiger charge is -2.08. The van der Waals surface area contributed by atoms with Crippen LogP contribution in [0, 0.1) is 0 Å². The highest BCUT2D eigenvalue weighted by Crippen LogP contribution is 2.11. The maximum Gasteiger partial charge on any atom is 0.420 e. The van der Waals surface area contributed by atoms with E-state index in [2.05, 4.69) is 20.5 Å². The number of nitrogens with zero attached hydrogens (tertiary/aromatic N) is 6. The van der Waals surface area contributed by atoms with Gasteiger partial charge in [-0.05, 0) is 18.2 Å². The summed E-state index contributed by atoms with van der Waals surface area (Å²) in [7, 11) is 0. The number of nitrogens with one attached hydrogen (secondary N) is 1. The highest BCUT2D eigenvalue weighted by Gasteiger charge is 2.12. The lowest BCUT2D eigenvalue weighted by molar-refractivity contribution is -0.121. The predicted molar refractivity (Wildman–Crippen MR) is 96.9 cm³/mol. The number of hydrogen-bond acceptors (Lipinski definition) is 7. The molecule has 1 aromatic carbocycles. The topological polar surface area (TPSA) is 130 Å². The Morgan fingerprint density at radius 1 is 1.14 bits per heavy atom. The van der Waals surface area contributed by atoms with E-state index in [4.69, 9.17) is 4.42 Å². The van der Waals surface area contributed by atoms with Gasteiger partial charge in [-0.15, -0.1) is 5.10 Å². The number of para-hydroxylation sites is 2. The molecule has 0 aliphatic rings. The van der Waals surface area contributed by atoms with Crippen LogP contribution >= 0.6 is 0 Å². The van der Waals surface area contributed by atoms with Crippen molar-refractivity contribution in [3.8, 4) is 5.82 Å². The minimum Gasteiger partial charge on any atom is -0.408 e. The van der Waals surface area contributed by atoms with Crippen LogP contribution < -0.4 is 16.6 Å². The molecule has 4 rings (SSSR count). The number of rotatable bonds is 6. The molecule has 1 amide bonds. The molecule has 11 nitrogen and oxygen atoms in total. The normalized spacial score (nSPS) is 11.0. The first-order valence-electron chi connectivity index (χ1n) is 8.40. The Balaban J connectivity index is 1.41. The van der Waals surface area contributed by atoms with E-state index in [0.717, 1.165) is 0 Å². The number of carbonyl (C=O) groups is 1. The van der Waals surface area contributed by atoms with Crippen LogP contribution in [0.1, 0.15) is 0 Å². The molecule has 11 heteroatoms. The lowest BCUT2D eigenvalue weighted by Crippen LogP contribution is -2.35. The van der Waals surface area contributed by atoms with Gasteiger partial charge in [0.2, 0.25) is 5.91 Å². The number of fused-ring (bicyclic) bond motifs is 1. The van der Waals surface area contributed by atoms with Crippen molar-refractivity contribution in [1.29, 1.82) is 0 Å². The summed E-state index contributed by atoms with van der Waals surface area (Å²) in [4.78, 5) is 39.9. The summed E-state index contributed by atoms with van der Waals surface area (Å²) in [6, 6.07) is 9.75. The van der Waals surface area contributed by atoms with Crippen molar-refractivity contribution in [2.45, 2.75) is 13.1 Å². The first-order chi connectivity index (χ1) is 13.6. The Hall–Kier alpha value is -4.02. The van der Waals surface area contributed by atoms with Gasteiger partial charge in [-0.3, -0.25) is 14.2 Å². The largest absolute Gasteiger partial charge is 0.420 e. The van der Waals surface area contributed by atoms with E-state index in [1.807, 2.05) is 0 Å². The third kappa shape index (κ3) is 3.45. The Kier molecular flexibility index (Phi) is 4.54. The van der Waals surface area contributed by atoms with Gasteiger partial charge in [-0.25, -0.2) is 19.1 Å². The summed E-state index contributed by atoms with van der Waals surface area (Å²) in [6.45, 7) is 0.141. The van der Waals surface area contributed by atoms with Crippen LogP contribution in [0.4, 0.5) is 0 Å². The van der Waals surface area contributed by atoms with Crippen LogP contribution in [0.25, 0.3) is 16.9 Å². The SMILES string of the molecule is O=C(Cn1c(=O)oc2ccccc21)NCCn1nc(-n2cncn2)ccc1=O. The zero-order chi connectivity index (χ0) is 19.5. The van der Waals surface area contributed by atoms with Gasteiger partial charge in [0.15, 0.2) is 11.4 Å². The molecule has 0 bridgehead atoms. The fraction of sp³-hybridized carbons (Fsp3) is 0.176. The number of hydrogen-bond donors (Lipinski definition) is 1. The molecule has 0 aliphatic carbocycles. The van der Waals surface area contributed by atoms with E-state index in [-0.39, 0.29) is 31.1 Å². The third-order valence-corrected chi connectivity index (χ3v) is 4.03. The van der Waals surface area contributed by atoms with Crippen LogP contribution in [-0.4, -0.2) is 41.6 Å². The molecule has 0 aliphatic heterocycles. The Bertz CT molecular complexity index is 1240. The molecule has 0 spiro atoms. The van der Waals surface area contributed by atoms with E-state index in [1.54, 1.807) is 24.3 Å². The average Bonchev–Trinajstić information content (AvgIpc) is 3.32. The van der Waals surface area contributed by atoms with Gasteiger partial charge >= 0.3 is 5.76 Å². The zero-order valence-corrected chi connectivity index (χ0v) is 14.6. The summed E-state index contributed by atoms with van der Waals surface area (Å²) in [5.74, 6) is -0.552. The quantitative estimate of drug-likeness (QED) is 0.479. The number of amides is 1. The van der Waals surface area contributed by atoms with Gasteiger partial charge in [0.25, 0.3) is 5.56 Å². The maximum absolute atomic E-state index is 12.2. The standard InChI is InChI=1S/C17H15N7O4/c25-15(9-22-12-3-1-2-4-13(12)28-17(22)27)19-7-8-23-16(26)6-5-14(21-23)24-11-18-10-20-24/h1-6,10-11H,7-9H2,(H,19,25). The molecule has 3 heterocycles. The Labute approximate surface area is 156 Å². The minimum absolute atomic E-state index is 0.161. The molecule has 0 radical (unpaired) electrons. The van der Waals surface area contributed by atoms with Gasteiger partial charge in [-0.2, -0.15) is 5.10 Å². The smallest absolute Gasteiger partial charge is 0.408 e. The van der Waals surface area contributed by atoms with Gasteiger partial charge in [0, 0.05) is 12.6 Å². The van der Waals surface area contributed by atoms with Gasteiger partial charge in [0.05, 0.1) is 12.1 Å². The van der Waals surface area contributed by atoms with E-state index < -0.39 is 5.76 Å². The molecular formula is C17H15N7O4. The number of carbonyl (C=O) groups excluding carboxylic acids is 1. The van der Waals surface area contributed by atoms with Crippen LogP contribution in [0.3, 0.4) is 0 Å². The molecular weight excluding hydrogens is 366 g/mol. The van der Waals surface area contributed by atoms with Crippen molar-refractivity contribution < 1.29 is 9.21 Å². The van der Waals surface area contributed by atoms with Crippen LogP contribution in [-0.2, 0) is 17.9 Å². The molecule has 0 saturated carbocycles. The van der Waals surface area contributed by atoms with Crippen molar-refractivity contribution in [2.24, 2.45) is 0 Å². The maximum atomic E-state index is 12.2.